The van der Waals surface area contributed by atoms with Crippen LogP contribution in [0.15, 0.2) is 6.33 Å². The Balaban J connectivity index is 1.94. The Labute approximate surface area is 128 Å². The third kappa shape index (κ3) is 3.83. The molecule has 2 N–H and O–H groups in total. The summed E-state index contributed by atoms with van der Waals surface area (Å²) in [6, 6.07) is 0. The third-order valence-electron chi connectivity index (χ3n) is 5.00. The standard InChI is InChI=1S/C16H30N4O/c1-5-20-14(18-12-19-20)10-21-16(11-17)8-6-13(7-9-16)15(2,3)4/h12-13H,5-11,17H2,1-4H3. The molecule has 1 saturated carbocycles. The highest BCUT2D eigenvalue weighted by atomic mass is 16.5. The van der Waals surface area contributed by atoms with Gasteiger partial charge in [-0.1, -0.05) is 20.8 Å². The van der Waals surface area contributed by atoms with Crippen molar-refractivity contribution >= 4 is 0 Å². The molecule has 120 valence electrons. The molecule has 1 aliphatic carbocycles. The molecule has 1 aromatic heterocycles. The molecule has 0 atom stereocenters. The minimum atomic E-state index is -0.174. The second kappa shape index (κ2) is 6.44. The lowest BCUT2D eigenvalue weighted by molar-refractivity contribution is -0.0916. The molecule has 2 rings (SSSR count). The number of aromatic nitrogens is 3. The van der Waals surface area contributed by atoms with Gasteiger partial charge in [0.25, 0.3) is 0 Å². The van der Waals surface area contributed by atoms with Crippen molar-refractivity contribution in [3.05, 3.63) is 12.2 Å². The van der Waals surface area contributed by atoms with Gasteiger partial charge in [0.2, 0.25) is 0 Å². The molecule has 1 aliphatic rings. The Morgan fingerprint density at radius 2 is 2.05 bits per heavy atom. The first-order valence-corrected chi connectivity index (χ1v) is 8.11. The molecule has 0 bridgehead atoms. The van der Waals surface area contributed by atoms with Crippen LogP contribution in [-0.2, 0) is 17.9 Å². The Hall–Kier alpha value is -0.940. The fourth-order valence-electron chi connectivity index (χ4n) is 3.30. The van der Waals surface area contributed by atoms with E-state index in [1.807, 2.05) is 4.68 Å². The molecule has 1 heterocycles. The molecule has 0 amide bonds. The second-order valence-electron chi connectivity index (χ2n) is 7.31. The zero-order valence-electron chi connectivity index (χ0n) is 13.9. The van der Waals surface area contributed by atoms with Crippen LogP contribution in [-0.4, -0.2) is 26.9 Å². The van der Waals surface area contributed by atoms with Gasteiger partial charge in [-0.2, -0.15) is 5.10 Å². The molecule has 5 nitrogen and oxygen atoms in total. The molecule has 0 saturated heterocycles. The minimum absolute atomic E-state index is 0.174. The molecule has 5 heteroatoms. The van der Waals surface area contributed by atoms with E-state index < -0.39 is 0 Å². The maximum Gasteiger partial charge on any atom is 0.152 e. The maximum atomic E-state index is 6.22. The average Bonchev–Trinajstić information content (AvgIpc) is 2.92. The molecule has 0 aromatic carbocycles. The monoisotopic (exact) mass is 294 g/mol. The van der Waals surface area contributed by atoms with Crippen LogP contribution in [0.5, 0.6) is 0 Å². The van der Waals surface area contributed by atoms with Gasteiger partial charge in [-0.05, 0) is 43.9 Å². The summed E-state index contributed by atoms with van der Waals surface area (Å²) in [4.78, 5) is 4.28. The van der Waals surface area contributed by atoms with Crippen molar-refractivity contribution in [1.29, 1.82) is 0 Å². The van der Waals surface area contributed by atoms with E-state index in [0.29, 0.717) is 18.6 Å². The third-order valence-corrected chi connectivity index (χ3v) is 5.00. The fraction of sp³-hybridized carbons (Fsp3) is 0.875. The van der Waals surface area contributed by atoms with Gasteiger partial charge in [-0.3, -0.25) is 0 Å². The van der Waals surface area contributed by atoms with Gasteiger partial charge in [0.05, 0.1) is 5.60 Å². The number of nitrogens with zero attached hydrogens (tertiary/aromatic N) is 3. The van der Waals surface area contributed by atoms with Crippen LogP contribution in [0.25, 0.3) is 0 Å². The van der Waals surface area contributed by atoms with Crippen molar-refractivity contribution in [2.75, 3.05) is 6.54 Å². The van der Waals surface area contributed by atoms with Gasteiger partial charge in [0, 0.05) is 13.1 Å². The van der Waals surface area contributed by atoms with Crippen molar-refractivity contribution in [1.82, 2.24) is 14.8 Å². The Bertz CT molecular complexity index is 441. The van der Waals surface area contributed by atoms with Gasteiger partial charge < -0.3 is 10.5 Å². The first kappa shape index (κ1) is 16.4. The molecule has 0 unspecified atom stereocenters. The Kier molecular flexibility index (Phi) is 5.04. The summed E-state index contributed by atoms with van der Waals surface area (Å²) in [6.45, 7) is 11.0. The summed E-state index contributed by atoms with van der Waals surface area (Å²) in [7, 11) is 0. The van der Waals surface area contributed by atoms with E-state index in [1.54, 1.807) is 6.33 Å². The van der Waals surface area contributed by atoms with Crippen LogP contribution in [0, 0.1) is 11.3 Å². The lowest BCUT2D eigenvalue weighted by Crippen LogP contribution is -2.45. The maximum absolute atomic E-state index is 6.22. The van der Waals surface area contributed by atoms with E-state index in [0.717, 1.165) is 31.1 Å². The number of nitrogens with two attached hydrogens (primary N) is 1. The van der Waals surface area contributed by atoms with Crippen molar-refractivity contribution in [2.24, 2.45) is 17.1 Å². The summed E-state index contributed by atoms with van der Waals surface area (Å²) in [5, 5.41) is 4.19. The smallest absolute Gasteiger partial charge is 0.152 e. The molecule has 0 spiro atoms. The minimum Gasteiger partial charge on any atom is -0.366 e. The fourth-order valence-corrected chi connectivity index (χ4v) is 3.30. The van der Waals surface area contributed by atoms with Crippen molar-refractivity contribution in [2.45, 2.75) is 72.1 Å². The topological polar surface area (TPSA) is 66.0 Å². The summed E-state index contributed by atoms with van der Waals surface area (Å²) >= 11 is 0. The first-order chi connectivity index (χ1) is 9.90. The summed E-state index contributed by atoms with van der Waals surface area (Å²) in [5.41, 5.74) is 6.24. The lowest BCUT2D eigenvalue weighted by atomic mass is 9.68. The van der Waals surface area contributed by atoms with Gasteiger partial charge in [0.15, 0.2) is 5.82 Å². The van der Waals surface area contributed by atoms with Crippen molar-refractivity contribution < 1.29 is 4.74 Å². The van der Waals surface area contributed by atoms with E-state index in [2.05, 4.69) is 37.8 Å². The van der Waals surface area contributed by atoms with E-state index in [-0.39, 0.29) is 5.60 Å². The Morgan fingerprint density at radius 1 is 1.38 bits per heavy atom. The Morgan fingerprint density at radius 3 is 2.57 bits per heavy atom. The SMILES string of the molecule is CCn1ncnc1COC1(CN)CCC(C(C)(C)C)CC1. The van der Waals surface area contributed by atoms with E-state index in [1.165, 1.54) is 12.8 Å². The number of hydrogen-bond donors (Lipinski definition) is 1. The highest BCUT2D eigenvalue weighted by Crippen LogP contribution is 2.42. The molecule has 21 heavy (non-hydrogen) atoms. The normalized spacial score (nSPS) is 27.0. The van der Waals surface area contributed by atoms with Crippen LogP contribution in [0.4, 0.5) is 0 Å². The predicted octanol–water partition coefficient (Wildman–Crippen LogP) is 2.75. The zero-order valence-corrected chi connectivity index (χ0v) is 13.9. The second-order valence-corrected chi connectivity index (χ2v) is 7.31. The van der Waals surface area contributed by atoms with Gasteiger partial charge >= 0.3 is 0 Å². The molecule has 1 aromatic rings. The van der Waals surface area contributed by atoms with Crippen molar-refractivity contribution in [3.63, 3.8) is 0 Å². The summed E-state index contributed by atoms with van der Waals surface area (Å²) < 4.78 is 8.10. The zero-order chi connectivity index (χ0) is 15.5. The number of ether oxygens (including phenoxy) is 1. The average molecular weight is 294 g/mol. The van der Waals surface area contributed by atoms with E-state index in [9.17, 15) is 0 Å². The first-order valence-electron chi connectivity index (χ1n) is 8.11. The quantitative estimate of drug-likeness (QED) is 0.907. The number of rotatable bonds is 5. The van der Waals surface area contributed by atoms with Gasteiger partial charge in [-0.25, -0.2) is 9.67 Å². The largest absolute Gasteiger partial charge is 0.366 e. The van der Waals surface area contributed by atoms with Crippen LogP contribution >= 0.6 is 0 Å². The van der Waals surface area contributed by atoms with E-state index >= 15 is 0 Å². The highest BCUT2D eigenvalue weighted by Gasteiger charge is 2.38. The van der Waals surface area contributed by atoms with Gasteiger partial charge in [0.1, 0.15) is 12.9 Å². The molecule has 1 fully saturated rings. The summed E-state index contributed by atoms with van der Waals surface area (Å²) in [6.07, 6.45) is 6.08. The molecular weight excluding hydrogens is 264 g/mol. The number of hydrogen-bond acceptors (Lipinski definition) is 4. The highest BCUT2D eigenvalue weighted by molar-refractivity contribution is 4.92. The van der Waals surface area contributed by atoms with Crippen LogP contribution < -0.4 is 5.73 Å². The van der Waals surface area contributed by atoms with Crippen LogP contribution in [0.3, 0.4) is 0 Å². The van der Waals surface area contributed by atoms with Crippen LogP contribution in [0.2, 0.25) is 0 Å². The predicted molar refractivity (Wildman–Crippen MR) is 83.7 cm³/mol. The summed E-state index contributed by atoms with van der Waals surface area (Å²) in [5.74, 6) is 1.66. The molecule has 0 aliphatic heterocycles. The van der Waals surface area contributed by atoms with Crippen molar-refractivity contribution in [3.8, 4) is 0 Å². The van der Waals surface area contributed by atoms with E-state index in [4.69, 9.17) is 10.5 Å². The van der Waals surface area contributed by atoms with Gasteiger partial charge in [-0.15, -0.1) is 0 Å². The van der Waals surface area contributed by atoms with Crippen LogP contribution in [0.1, 0.15) is 59.2 Å². The molecular formula is C16H30N4O. The molecule has 0 radical (unpaired) electrons. The lowest BCUT2D eigenvalue weighted by Gasteiger charge is -2.43. The number of aryl methyl sites for hydroxylation is 1.